The Morgan fingerprint density at radius 3 is 2.00 bits per heavy atom. The number of benzene rings is 3. The van der Waals surface area contributed by atoms with Gasteiger partial charge in [-0.05, 0) is 53.4 Å². The van der Waals surface area contributed by atoms with Gasteiger partial charge in [0.05, 0.1) is 25.5 Å². The van der Waals surface area contributed by atoms with Crippen LogP contribution in [0.4, 0.5) is 11.4 Å². The van der Waals surface area contributed by atoms with E-state index in [1.165, 1.54) is 10.5 Å². The van der Waals surface area contributed by atoms with Crippen LogP contribution in [0.5, 0.6) is 11.5 Å². The molecule has 3 aromatic rings. The van der Waals surface area contributed by atoms with E-state index in [0.717, 1.165) is 0 Å². The molecule has 1 aliphatic heterocycles. The molecule has 0 atom stereocenters. The number of methoxy groups -OCH3 is 2. The quantitative estimate of drug-likeness (QED) is 0.503. The Hall–Kier alpha value is -4.06. The first kappa shape index (κ1) is 23.1. The summed E-state index contributed by atoms with van der Waals surface area (Å²) < 4.78 is 10.7. The molecule has 174 valence electrons. The highest BCUT2D eigenvalue weighted by Gasteiger charge is 2.41. The van der Waals surface area contributed by atoms with Gasteiger partial charge < -0.3 is 14.8 Å². The number of nitrogens with zero attached hydrogens (tertiary/aromatic N) is 1. The van der Waals surface area contributed by atoms with Crippen LogP contribution in [0.1, 0.15) is 31.9 Å². The van der Waals surface area contributed by atoms with Crippen molar-refractivity contribution >= 4 is 28.8 Å². The zero-order valence-electron chi connectivity index (χ0n) is 20.0. The number of carbonyl (C=O) groups is 2. The minimum atomic E-state index is -0.434. The summed E-state index contributed by atoms with van der Waals surface area (Å²) in [7, 11) is 3.11. The summed E-state index contributed by atoms with van der Waals surface area (Å²) in [6.45, 7) is 6.43. The van der Waals surface area contributed by atoms with Gasteiger partial charge in [-0.2, -0.15) is 0 Å². The maximum atomic E-state index is 13.6. The second-order valence-corrected chi connectivity index (χ2v) is 9.05. The van der Waals surface area contributed by atoms with Crippen LogP contribution >= 0.6 is 0 Å². The number of para-hydroxylation sites is 1. The lowest BCUT2D eigenvalue weighted by atomic mass is 9.87. The van der Waals surface area contributed by atoms with E-state index < -0.39 is 11.8 Å². The van der Waals surface area contributed by atoms with Gasteiger partial charge in [-0.3, -0.25) is 9.59 Å². The smallest absolute Gasteiger partial charge is 0.282 e. The van der Waals surface area contributed by atoms with Crippen molar-refractivity contribution in [2.24, 2.45) is 0 Å². The number of hydrogen-bond donors (Lipinski definition) is 1. The number of rotatable bonds is 6. The van der Waals surface area contributed by atoms with E-state index in [1.807, 2.05) is 36.4 Å². The number of hydrogen-bond acceptors (Lipinski definition) is 5. The van der Waals surface area contributed by atoms with Crippen LogP contribution in [0.2, 0.25) is 0 Å². The van der Waals surface area contributed by atoms with Gasteiger partial charge in [0.1, 0.15) is 17.2 Å². The molecular formula is C28H28N2O4. The summed E-state index contributed by atoms with van der Waals surface area (Å²) in [6, 6.07) is 21.9. The van der Waals surface area contributed by atoms with Crippen LogP contribution in [0.3, 0.4) is 0 Å². The highest BCUT2D eigenvalue weighted by molar-refractivity contribution is 6.46. The highest BCUT2D eigenvalue weighted by Crippen LogP contribution is 2.38. The molecule has 1 heterocycles. The standard InChI is InChI=1S/C28H28N2O4/c1-28(2,3)18-10-12-19(13-11-18)29-25-24(22-8-6-7-9-23(22)34-5)26(31)30(27(25)32)20-14-16-21(33-4)17-15-20/h6-17,29H,1-5H3. The monoisotopic (exact) mass is 456 g/mol. The SMILES string of the molecule is COc1ccc(N2C(=O)C(Nc3ccc(C(C)(C)C)cc3)=C(c3ccccc3OC)C2=O)cc1. The Labute approximate surface area is 199 Å². The molecule has 2 amide bonds. The number of imide groups is 1. The molecule has 3 aromatic carbocycles. The predicted molar refractivity (Wildman–Crippen MR) is 134 cm³/mol. The topological polar surface area (TPSA) is 67.9 Å². The molecule has 1 N–H and O–H groups in total. The van der Waals surface area contributed by atoms with Crippen LogP contribution in [0.15, 0.2) is 78.5 Å². The molecule has 0 saturated carbocycles. The normalized spacial score (nSPS) is 14.0. The molecule has 0 saturated heterocycles. The molecule has 0 fully saturated rings. The van der Waals surface area contributed by atoms with Gasteiger partial charge in [0.25, 0.3) is 11.8 Å². The van der Waals surface area contributed by atoms with Crippen molar-refractivity contribution in [3.8, 4) is 11.5 Å². The molecule has 0 radical (unpaired) electrons. The van der Waals surface area contributed by atoms with E-state index in [0.29, 0.717) is 28.4 Å². The molecule has 1 aliphatic rings. The van der Waals surface area contributed by atoms with Crippen LogP contribution < -0.4 is 19.7 Å². The summed E-state index contributed by atoms with van der Waals surface area (Å²) in [4.78, 5) is 28.4. The third-order valence-electron chi connectivity index (χ3n) is 5.81. The molecule has 6 nitrogen and oxygen atoms in total. The molecule has 6 heteroatoms. The Bertz CT molecular complexity index is 1250. The van der Waals surface area contributed by atoms with Gasteiger partial charge in [0.15, 0.2) is 0 Å². The zero-order chi connectivity index (χ0) is 24.5. The number of amides is 2. The first-order valence-corrected chi connectivity index (χ1v) is 11.0. The minimum absolute atomic E-state index is 0.00464. The van der Waals surface area contributed by atoms with Crippen molar-refractivity contribution in [3.63, 3.8) is 0 Å². The zero-order valence-corrected chi connectivity index (χ0v) is 20.0. The second-order valence-electron chi connectivity index (χ2n) is 9.05. The second kappa shape index (κ2) is 9.06. The minimum Gasteiger partial charge on any atom is -0.497 e. The van der Waals surface area contributed by atoms with Crippen molar-refractivity contribution in [3.05, 3.63) is 89.6 Å². The molecule has 0 bridgehead atoms. The van der Waals surface area contributed by atoms with Gasteiger partial charge >= 0.3 is 0 Å². The first-order chi connectivity index (χ1) is 16.2. The predicted octanol–water partition coefficient (Wildman–Crippen LogP) is 5.40. The Morgan fingerprint density at radius 2 is 1.41 bits per heavy atom. The lowest BCUT2D eigenvalue weighted by Gasteiger charge is -2.19. The van der Waals surface area contributed by atoms with Crippen LogP contribution in [0, 0.1) is 0 Å². The number of ether oxygens (including phenoxy) is 2. The van der Waals surface area contributed by atoms with Crippen molar-refractivity contribution in [2.75, 3.05) is 24.4 Å². The van der Waals surface area contributed by atoms with Crippen molar-refractivity contribution in [1.82, 2.24) is 0 Å². The molecule has 0 aromatic heterocycles. The lowest BCUT2D eigenvalue weighted by Crippen LogP contribution is -2.32. The van der Waals surface area contributed by atoms with Gasteiger partial charge in [0.2, 0.25) is 0 Å². The van der Waals surface area contributed by atoms with Crippen LogP contribution in [-0.4, -0.2) is 26.0 Å². The third kappa shape index (κ3) is 4.27. The van der Waals surface area contributed by atoms with Crippen LogP contribution in [0.25, 0.3) is 5.57 Å². The van der Waals surface area contributed by atoms with Crippen molar-refractivity contribution < 1.29 is 19.1 Å². The Morgan fingerprint density at radius 1 is 0.765 bits per heavy atom. The number of nitrogens with one attached hydrogen (secondary N) is 1. The van der Waals surface area contributed by atoms with E-state index >= 15 is 0 Å². The maximum absolute atomic E-state index is 13.6. The van der Waals surface area contributed by atoms with Crippen molar-refractivity contribution in [1.29, 1.82) is 0 Å². The van der Waals surface area contributed by atoms with Gasteiger partial charge in [0, 0.05) is 11.3 Å². The summed E-state index contributed by atoms with van der Waals surface area (Å²) in [6.07, 6.45) is 0. The van der Waals surface area contributed by atoms with Crippen LogP contribution in [-0.2, 0) is 15.0 Å². The van der Waals surface area contributed by atoms with E-state index in [-0.39, 0.29) is 16.7 Å². The summed E-state index contributed by atoms with van der Waals surface area (Å²) in [5.74, 6) is 0.292. The average Bonchev–Trinajstić information content (AvgIpc) is 3.07. The first-order valence-electron chi connectivity index (χ1n) is 11.0. The van der Waals surface area contributed by atoms with E-state index in [2.05, 4.69) is 26.1 Å². The van der Waals surface area contributed by atoms with Gasteiger partial charge in [-0.15, -0.1) is 0 Å². The highest BCUT2D eigenvalue weighted by atomic mass is 16.5. The summed E-state index contributed by atoms with van der Waals surface area (Å²) in [5, 5.41) is 3.21. The third-order valence-corrected chi connectivity index (χ3v) is 5.81. The molecule has 0 unspecified atom stereocenters. The fraction of sp³-hybridized carbons (Fsp3) is 0.214. The molecule has 34 heavy (non-hydrogen) atoms. The molecular weight excluding hydrogens is 428 g/mol. The fourth-order valence-electron chi connectivity index (χ4n) is 3.91. The van der Waals surface area contributed by atoms with E-state index in [1.54, 1.807) is 50.6 Å². The molecule has 0 spiro atoms. The summed E-state index contributed by atoms with van der Waals surface area (Å²) >= 11 is 0. The van der Waals surface area contributed by atoms with Gasteiger partial charge in [-0.1, -0.05) is 51.1 Å². The van der Waals surface area contributed by atoms with E-state index in [9.17, 15) is 9.59 Å². The Balaban J connectivity index is 1.79. The fourth-order valence-corrected chi connectivity index (χ4v) is 3.91. The Kier molecular flexibility index (Phi) is 6.16. The average molecular weight is 457 g/mol. The number of carbonyl (C=O) groups excluding carboxylic acids is 2. The number of anilines is 2. The summed E-state index contributed by atoms with van der Waals surface area (Å²) in [5.41, 5.74) is 3.37. The van der Waals surface area contributed by atoms with E-state index in [4.69, 9.17) is 9.47 Å². The van der Waals surface area contributed by atoms with Gasteiger partial charge in [-0.25, -0.2) is 4.90 Å². The molecule has 0 aliphatic carbocycles. The van der Waals surface area contributed by atoms with Crippen molar-refractivity contribution in [2.45, 2.75) is 26.2 Å². The maximum Gasteiger partial charge on any atom is 0.282 e. The largest absolute Gasteiger partial charge is 0.497 e. The molecule has 4 rings (SSSR count). The lowest BCUT2D eigenvalue weighted by molar-refractivity contribution is -0.120.